The molecule has 0 aliphatic carbocycles. The van der Waals surface area contributed by atoms with Gasteiger partial charge in [0.05, 0.1) is 15.7 Å². The molecule has 270 valence electrons. The summed E-state index contributed by atoms with van der Waals surface area (Å²) in [6.45, 7) is 10.7. The second-order valence-electron chi connectivity index (χ2n) is 12.2. The Labute approximate surface area is 314 Å². The minimum Gasteiger partial charge on any atom is -0.324 e. The van der Waals surface area contributed by atoms with E-state index in [1.54, 1.807) is 30.3 Å². The number of halogens is 2. The van der Waals surface area contributed by atoms with Gasteiger partial charge in [0.25, 0.3) is 11.8 Å². The summed E-state index contributed by atoms with van der Waals surface area (Å²) < 4.78 is 0. The highest BCUT2D eigenvalue weighted by Gasteiger charge is 2.25. The lowest BCUT2D eigenvalue weighted by molar-refractivity contribution is -0.127. The molecular formula is C40H42Cl2N6O4. The number of carbonyl (C=O) groups excluding carboxylic acids is 4. The Morgan fingerprint density at radius 1 is 0.596 bits per heavy atom. The van der Waals surface area contributed by atoms with Gasteiger partial charge in [0.2, 0.25) is 12.1 Å². The van der Waals surface area contributed by atoms with E-state index in [4.69, 9.17) is 23.2 Å². The van der Waals surface area contributed by atoms with Gasteiger partial charge in [-0.3, -0.25) is 19.2 Å². The van der Waals surface area contributed by atoms with Crippen molar-refractivity contribution in [2.24, 2.45) is 20.5 Å². The van der Waals surface area contributed by atoms with Gasteiger partial charge in [0.15, 0.2) is 11.6 Å². The first-order valence-corrected chi connectivity index (χ1v) is 17.9. The summed E-state index contributed by atoms with van der Waals surface area (Å²) in [6, 6.07) is 18.8. The van der Waals surface area contributed by atoms with E-state index in [-0.39, 0.29) is 10.7 Å². The van der Waals surface area contributed by atoms with E-state index in [0.29, 0.717) is 39.6 Å². The zero-order valence-corrected chi connectivity index (χ0v) is 31.6. The number of ketones is 2. The van der Waals surface area contributed by atoms with Crippen LogP contribution in [0.2, 0.25) is 10.0 Å². The molecule has 4 aromatic rings. The predicted octanol–water partition coefficient (Wildman–Crippen LogP) is 10.3. The molecule has 0 saturated carbocycles. The summed E-state index contributed by atoms with van der Waals surface area (Å²) in [5, 5.41) is 22.5. The van der Waals surface area contributed by atoms with E-state index in [2.05, 4.69) is 44.9 Å². The van der Waals surface area contributed by atoms with E-state index >= 15 is 0 Å². The SMILES string of the molecule is CCc1ccc(NC(=O)C(N=Nc2ccc(-c3cc(Cl)c(N=NC(C(C)=O)C(=O)Nc4ccc(CC)cc4CC)cc3Cl)cc2)C(C)=O)c(CC)c1. The second kappa shape index (κ2) is 18.4. The molecule has 0 radical (unpaired) electrons. The fraction of sp³-hybridized carbons (Fsp3) is 0.300. The van der Waals surface area contributed by atoms with Crippen LogP contribution in [0.3, 0.4) is 0 Å². The molecule has 52 heavy (non-hydrogen) atoms. The molecular weight excluding hydrogens is 699 g/mol. The summed E-state index contributed by atoms with van der Waals surface area (Å²) >= 11 is 13.2. The molecule has 2 atom stereocenters. The van der Waals surface area contributed by atoms with Crippen LogP contribution in [-0.4, -0.2) is 35.5 Å². The number of Topliss-reactive ketones (excluding diaryl/α,β-unsaturated/α-hetero) is 2. The number of carbonyl (C=O) groups is 4. The van der Waals surface area contributed by atoms with Crippen molar-refractivity contribution in [1.29, 1.82) is 0 Å². The number of hydrogen-bond donors (Lipinski definition) is 2. The Bertz CT molecular complexity index is 2030. The highest BCUT2D eigenvalue weighted by molar-refractivity contribution is 6.37. The van der Waals surface area contributed by atoms with Crippen molar-refractivity contribution in [1.82, 2.24) is 0 Å². The highest BCUT2D eigenvalue weighted by Crippen LogP contribution is 2.38. The lowest BCUT2D eigenvalue weighted by Crippen LogP contribution is -2.32. The number of anilines is 2. The van der Waals surface area contributed by atoms with Crippen LogP contribution >= 0.6 is 23.2 Å². The first-order chi connectivity index (χ1) is 24.9. The largest absolute Gasteiger partial charge is 0.324 e. The minimum atomic E-state index is -1.39. The Morgan fingerprint density at radius 3 is 1.52 bits per heavy atom. The molecule has 10 nitrogen and oxygen atoms in total. The van der Waals surface area contributed by atoms with Gasteiger partial charge >= 0.3 is 0 Å². The molecule has 0 saturated heterocycles. The molecule has 2 amide bonds. The summed E-state index contributed by atoms with van der Waals surface area (Å²) in [5.74, 6) is -2.09. The molecule has 2 unspecified atom stereocenters. The van der Waals surface area contributed by atoms with E-state index in [0.717, 1.165) is 41.5 Å². The average molecular weight is 742 g/mol. The van der Waals surface area contributed by atoms with Crippen LogP contribution in [0.1, 0.15) is 63.8 Å². The molecule has 0 heterocycles. The number of amides is 2. The fourth-order valence-electron chi connectivity index (χ4n) is 5.39. The molecule has 0 fully saturated rings. The third-order valence-corrected chi connectivity index (χ3v) is 9.10. The number of hydrogen-bond acceptors (Lipinski definition) is 8. The van der Waals surface area contributed by atoms with Crippen molar-refractivity contribution in [3.8, 4) is 11.1 Å². The van der Waals surface area contributed by atoms with Gasteiger partial charge in [-0.25, -0.2) is 0 Å². The van der Waals surface area contributed by atoms with Crippen LogP contribution in [0.25, 0.3) is 11.1 Å². The van der Waals surface area contributed by atoms with Gasteiger partial charge in [-0.1, -0.05) is 87.3 Å². The van der Waals surface area contributed by atoms with Crippen LogP contribution in [0.4, 0.5) is 22.7 Å². The molecule has 0 aromatic heterocycles. The molecule has 4 rings (SSSR count). The van der Waals surface area contributed by atoms with Gasteiger partial charge in [-0.2, -0.15) is 20.5 Å². The van der Waals surface area contributed by atoms with Gasteiger partial charge in [0, 0.05) is 16.9 Å². The summed E-state index contributed by atoms with van der Waals surface area (Å²) in [4.78, 5) is 50.9. The molecule has 4 aromatic carbocycles. The maximum absolute atomic E-state index is 13.1. The summed E-state index contributed by atoms with van der Waals surface area (Å²) in [6.07, 6.45) is 3.17. The molecule has 0 bridgehead atoms. The normalized spacial score (nSPS) is 12.5. The second-order valence-corrected chi connectivity index (χ2v) is 13.0. The van der Waals surface area contributed by atoms with Crippen LogP contribution in [0, 0.1) is 0 Å². The molecule has 0 aliphatic rings. The maximum atomic E-state index is 13.1. The number of aryl methyl sites for hydroxylation is 4. The highest BCUT2D eigenvalue weighted by atomic mass is 35.5. The summed E-state index contributed by atoms with van der Waals surface area (Å²) in [5.41, 5.74) is 7.36. The fourth-order valence-corrected chi connectivity index (χ4v) is 5.86. The zero-order chi connectivity index (χ0) is 37.9. The average Bonchev–Trinajstić information content (AvgIpc) is 3.13. The Morgan fingerprint density at radius 2 is 1.08 bits per heavy atom. The van der Waals surface area contributed by atoms with Crippen molar-refractivity contribution < 1.29 is 19.2 Å². The predicted molar refractivity (Wildman–Crippen MR) is 208 cm³/mol. The zero-order valence-electron chi connectivity index (χ0n) is 30.1. The third kappa shape index (κ3) is 10.0. The van der Waals surface area contributed by atoms with E-state index in [1.165, 1.54) is 19.9 Å². The van der Waals surface area contributed by atoms with Crippen LogP contribution in [0.15, 0.2) is 93.3 Å². The number of benzene rings is 4. The van der Waals surface area contributed by atoms with Gasteiger partial charge in [-0.15, -0.1) is 0 Å². The summed E-state index contributed by atoms with van der Waals surface area (Å²) in [7, 11) is 0. The van der Waals surface area contributed by atoms with E-state index in [9.17, 15) is 19.2 Å². The van der Waals surface area contributed by atoms with Gasteiger partial charge < -0.3 is 10.6 Å². The Hall–Kier alpha value is -5.06. The number of rotatable bonds is 15. The standard InChI is InChI=1S/C40H42Cl2N6O4/c1-7-25-11-17-34(27(9-3)19-25)43-39(51)37(23(5)49)47-45-30-15-13-29(14-16-30)31-21-33(42)36(22-32(31)41)46-48-38(24(6)50)40(52)44-35-18-12-26(8-2)20-28(35)10-4/h11-22,37-38H,7-10H2,1-6H3,(H,43,51)(H,44,52). The lowest BCUT2D eigenvalue weighted by Gasteiger charge is -2.14. The molecule has 2 N–H and O–H groups in total. The first-order valence-electron chi connectivity index (χ1n) is 17.2. The maximum Gasteiger partial charge on any atom is 0.258 e. The quantitative estimate of drug-likeness (QED) is 0.0924. The van der Waals surface area contributed by atoms with Gasteiger partial charge in [0.1, 0.15) is 5.69 Å². The monoisotopic (exact) mass is 740 g/mol. The first kappa shape index (κ1) is 39.7. The molecule has 0 aliphatic heterocycles. The number of nitrogens with zero attached hydrogens (tertiary/aromatic N) is 4. The number of azo groups is 2. The van der Waals surface area contributed by atoms with Crippen molar-refractivity contribution in [2.45, 2.75) is 79.3 Å². The minimum absolute atomic E-state index is 0.183. The van der Waals surface area contributed by atoms with Crippen molar-refractivity contribution in [3.63, 3.8) is 0 Å². The van der Waals surface area contributed by atoms with Crippen LogP contribution in [0.5, 0.6) is 0 Å². The Kier molecular flexibility index (Phi) is 14.1. The molecule has 0 spiro atoms. The van der Waals surface area contributed by atoms with Crippen LogP contribution in [-0.2, 0) is 44.9 Å². The number of nitrogens with one attached hydrogen (secondary N) is 2. The smallest absolute Gasteiger partial charge is 0.258 e. The van der Waals surface area contributed by atoms with Crippen molar-refractivity contribution in [2.75, 3.05) is 10.6 Å². The van der Waals surface area contributed by atoms with Crippen molar-refractivity contribution >= 4 is 69.3 Å². The van der Waals surface area contributed by atoms with Gasteiger partial charge in [-0.05, 0) is 104 Å². The topological polar surface area (TPSA) is 142 Å². The van der Waals surface area contributed by atoms with Crippen LogP contribution < -0.4 is 10.6 Å². The molecule has 12 heteroatoms. The van der Waals surface area contributed by atoms with E-state index < -0.39 is 35.5 Å². The lowest BCUT2D eigenvalue weighted by atomic mass is 10.0. The Balaban J connectivity index is 1.47. The van der Waals surface area contributed by atoms with Crippen molar-refractivity contribution in [3.05, 3.63) is 105 Å². The van der Waals surface area contributed by atoms with E-state index in [1.807, 2.05) is 50.2 Å². The third-order valence-electron chi connectivity index (χ3n) is 8.48.